The van der Waals surface area contributed by atoms with Crippen LogP contribution in [0.3, 0.4) is 0 Å². The number of benzene rings is 1. The maximum absolute atomic E-state index is 11.6. The van der Waals surface area contributed by atoms with E-state index in [0.29, 0.717) is 18.8 Å². The fourth-order valence-electron chi connectivity index (χ4n) is 1.93. The molecule has 1 amide bonds. The third-order valence-electron chi connectivity index (χ3n) is 3.18. The summed E-state index contributed by atoms with van der Waals surface area (Å²) in [4.78, 5) is 11.6. The SMILES string of the molecule is O=C(NO)C(OCCNCC(O)COc1ccsc1)Oc1ccccc1. The normalized spacial score (nSPS) is 13.0. The number of carbonyl (C=O) groups is 1. The van der Waals surface area contributed by atoms with Crippen molar-refractivity contribution in [1.82, 2.24) is 10.8 Å². The average molecular weight is 382 g/mol. The van der Waals surface area contributed by atoms with Gasteiger partial charge >= 0.3 is 5.91 Å². The van der Waals surface area contributed by atoms with Crippen LogP contribution in [-0.2, 0) is 9.53 Å². The number of rotatable bonds is 12. The summed E-state index contributed by atoms with van der Waals surface area (Å²) < 4.78 is 16.1. The van der Waals surface area contributed by atoms with Crippen molar-refractivity contribution in [3.8, 4) is 11.5 Å². The van der Waals surface area contributed by atoms with E-state index in [-0.39, 0.29) is 13.2 Å². The van der Waals surface area contributed by atoms with Crippen LogP contribution in [0.15, 0.2) is 47.2 Å². The molecule has 26 heavy (non-hydrogen) atoms. The van der Waals surface area contributed by atoms with Crippen molar-refractivity contribution in [2.45, 2.75) is 12.4 Å². The van der Waals surface area contributed by atoms with Crippen LogP contribution in [0.2, 0.25) is 0 Å². The minimum absolute atomic E-state index is 0.142. The highest BCUT2D eigenvalue weighted by Gasteiger charge is 2.20. The second-order valence-electron chi connectivity index (χ2n) is 5.24. The summed E-state index contributed by atoms with van der Waals surface area (Å²) in [6, 6.07) is 10.5. The average Bonchev–Trinajstić information content (AvgIpc) is 3.19. The van der Waals surface area contributed by atoms with Gasteiger partial charge in [-0.2, -0.15) is 0 Å². The van der Waals surface area contributed by atoms with Crippen molar-refractivity contribution in [3.63, 3.8) is 0 Å². The molecule has 1 aromatic carbocycles. The zero-order chi connectivity index (χ0) is 18.6. The maximum atomic E-state index is 11.6. The maximum Gasteiger partial charge on any atom is 0.312 e. The number of hydrogen-bond donors (Lipinski definition) is 4. The van der Waals surface area contributed by atoms with Gasteiger partial charge < -0.3 is 24.6 Å². The molecule has 2 rings (SSSR count). The lowest BCUT2D eigenvalue weighted by atomic mass is 10.3. The number of nitrogens with one attached hydrogen (secondary N) is 2. The van der Waals surface area contributed by atoms with E-state index in [1.165, 1.54) is 16.8 Å². The Balaban J connectivity index is 1.63. The first kappa shape index (κ1) is 20.1. The minimum Gasteiger partial charge on any atom is -0.490 e. The van der Waals surface area contributed by atoms with E-state index in [1.807, 2.05) is 22.9 Å². The van der Waals surface area contributed by atoms with Gasteiger partial charge in [-0.05, 0) is 23.6 Å². The van der Waals surface area contributed by atoms with Crippen molar-refractivity contribution in [1.29, 1.82) is 0 Å². The summed E-state index contributed by atoms with van der Waals surface area (Å²) in [6.45, 7) is 1.01. The third-order valence-corrected chi connectivity index (χ3v) is 3.84. The first-order valence-corrected chi connectivity index (χ1v) is 8.94. The Hall–Kier alpha value is -2.17. The molecule has 0 bridgehead atoms. The molecule has 8 nitrogen and oxygen atoms in total. The highest BCUT2D eigenvalue weighted by Crippen LogP contribution is 2.14. The van der Waals surface area contributed by atoms with Crippen molar-refractivity contribution in [2.24, 2.45) is 0 Å². The van der Waals surface area contributed by atoms with Crippen LogP contribution in [0.5, 0.6) is 11.5 Å². The Morgan fingerprint density at radius 2 is 2.00 bits per heavy atom. The van der Waals surface area contributed by atoms with Gasteiger partial charge in [0.05, 0.1) is 6.61 Å². The molecule has 1 heterocycles. The summed E-state index contributed by atoms with van der Waals surface area (Å²) in [7, 11) is 0. The Labute approximate surface area is 155 Å². The van der Waals surface area contributed by atoms with Crippen LogP contribution in [0.25, 0.3) is 0 Å². The number of para-hydroxylation sites is 1. The van der Waals surface area contributed by atoms with Gasteiger partial charge in [-0.15, -0.1) is 11.3 Å². The van der Waals surface area contributed by atoms with Crippen LogP contribution < -0.4 is 20.3 Å². The number of aliphatic hydroxyl groups excluding tert-OH is 1. The van der Waals surface area contributed by atoms with Crippen molar-refractivity contribution in [3.05, 3.63) is 47.2 Å². The van der Waals surface area contributed by atoms with Crippen molar-refractivity contribution in [2.75, 3.05) is 26.3 Å². The Morgan fingerprint density at radius 3 is 2.69 bits per heavy atom. The molecule has 0 aliphatic carbocycles. The van der Waals surface area contributed by atoms with Gasteiger partial charge in [0.2, 0.25) is 0 Å². The molecule has 0 spiro atoms. The summed E-state index contributed by atoms with van der Waals surface area (Å²) in [5.74, 6) is 0.362. The minimum atomic E-state index is -1.28. The van der Waals surface area contributed by atoms with Crippen LogP contribution in [0, 0.1) is 0 Å². The molecule has 9 heteroatoms. The standard InChI is InChI=1S/C17H22N2O6S/c20-13(11-24-15-6-9-26-12-15)10-18-7-8-23-17(16(21)19-22)25-14-4-2-1-3-5-14/h1-6,9,12-13,17-18,20,22H,7-8,10-11H2,(H,19,21). The largest absolute Gasteiger partial charge is 0.490 e. The second kappa shape index (κ2) is 11.4. The molecule has 0 saturated carbocycles. The molecule has 0 saturated heterocycles. The number of thiophene rings is 1. The van der Waals surface area contributed by atoms with Gasteiger partial charge in [0, 0.05) is 18.5 Å². The zero-order valence-electron chi connectivity index (χ0n) is 14.0. The number of hydrogen-bond acceptors (Lipinski definition) is 8. The van der Waals surface area contributed by atoms with Crippen LogP contribution >= 0.6 is 11.3 Å². The van der Waals surface area contributed by atoms with Crippen LogP contribution in [0.1, 0.15) is 0 Å². The smallest absolute Gasteiger partial charge is 0.312 e. The van der Waals surface area contributed by atoms with E-state index in [2.05, 4.69) is 5.32 Å². The topological polar surface area (TPSA) is 109 Å². The first-order chi connectivity index (χ1) is 12.7. The molecular weight excluding hydrogens is 360 g/mol. The lowest BCUT2D eigenvalue weighted by Gasteiger charge is -2.18. The quantitative estimate of drug-likeness (QED) is 0.188. The van der Waals surface area contributed by atoms with Crippen LogP contribution in [0.4, 0.5) is 0 Å². The van der Waals surface area contributed by atoms with Gasteiger partial charge in [0.1, 0.15) is 24.2 Å². The molecule has 0 aliphatic rings. The highest BCUT2D eigenvalue weighted by molar-refractivity contribution is 7.08. The zero-order valence-corrected chi connectivity index (χ0v) is 14.9. The van der Waals surface area contributed by atoms with E-state index < -0.39 is 18.3 Å². The van der Waals surface area contributed by atoms with Gasteiger partial charge in [-0.3, -0.25) is 10.0 Å². The fraction of sp³-hybridized carbons (Fsp3) is 0.353. The number of carbonyl (C=O) groups excluding carboxylic acids is 1. The molecular formula is C17H22N2O6S. The van der Waals surface area contributed by atoms with Gasteiger partial charge in [0.15, 0.2) is 0 Å². The van der Waals surface area contributed by atoms with E-state index in [1.54, 1.807) is 24.3 Å². The summed E-state index contributed by atoms with van der Waals surface area (Å²) in [5.41, 5.74) is 1.51. The van der Waals surface area contributed by atoms with Crippen LogP contribution in [-0.4, -0.2) is 54.9 Å². The number of amides is 1. The number of ether oxygens (including phenoxy) is 3. The molecule has 2 atom stereocenters. The predicted octanol–water partition coefficient (Wildman–Crippen LogP) is 1.00. The molecule has 2 aromatic rings. The number of hydroxylamine groups is 1. The molecule has 0 fully saturated rings. The lowest BCUT2D eigenvalue weighted by Crippen LogP contribution is -2.40. The van der Waals surface area contributed by atoms with Gasteiger partial charge in [-0.25, -0.2) is 5.48 Å². The molecule has 1 aromatic heterocycles. The number of aliphatic hydroxyl groups is 1. The molecule has 2 unspecified atom stereocenters. The van der Waals surface area contributed by atoms with E-state index in [9.17, 15) is 9.90 Å². The molecule has 142 valence electrons. The summed E-state index contributed by atoms with van der Waals surface area (Å²) >= 11 is 1.52. The molecule has 0 radical (unpaired) electrons. The highest BCUT2D eigenvalue weighted by atomic mass is 32.1. The van der Waals surface area contributed by atoms with Crippen molar-refractivity contribution >= 4 is 17.2 Å². The van der Waals surface area contributed by atoms with E-state index >= 15 is 0 Å². The Kier molecular flexibility index (Phi) is 8.87. The second-order valence-corrected chi connectivity index (χ2v) is 6.02. The summed E-state index contributed by atoms with van der Waals surface area (Å²) in [6.07, 6.45) is -1.96. The van der Waals surface area contributed by atoms with Gasteiger partial charge in [0.25, 0.3) is 6.29 Å². The van der Waals surface area contributed by atoms with E-state index in [4.69, 9.17) is 19.4 Å². The Bertz CT molecular complexity index is 625. The lowest BCUT2D eigenvalue weighted by molar-refractivity contribution is -0.161. The van der Waals surface area contributed by atoms with Gasteiger partial charge in [-0.1, -0.05) is 18.2 Å². The monoisotopic (exact) mass is 382 g/mol. The van der Waals surface area contributed by atoms with E-state index in [0.717, 1.165) is 5.75 Å². The first-order valence-electron chi connectivity index (χ1n) is 8.00. The fourth-order valence-corrected chi connectivity index (χ4v) is 2.50. The molecule has 0 aliphatic heterocycles. The Morgan fingerprint density at radius 1 is 1.19 bits per heavy atom. The third kappa shape index (κ3) is 7.38. The molecule has 4 N–H and O–H groups in total. The predicted molar refractivity (Wildman–Crippen MR) is 95.4 cm³/mol. The summed E-state index contributed by atoms with van der Waals surface area (Å²) in [5, 5.41) is 25.3. The van der Waals surface area contributed by atoms with Crippen molar-refractivity contribution < 1.29 is 29.3 Å².